The summed E-state index contributed by atoms with van der Waals surface area (Å²) in [7, 11) is -4.40. The van der Waals surface area contributed by atoms with Crippen molar-refractivity contribution in [3.8, 4) is 22.3 Å². The van der Waals surface area contributed by atoms with E-state index in [1.165, 1.54) is 79.6 Å². The lowest BCUT2D eigenvalue weighted by Gasteiger charge is -2.25. The first-order chi connectivity index (χ1) is 29.8. The molecule has 0 fully saturated rings. The molecule has 0 bridgehead atoms. The summed E-state index contributed by atoms with van der Waals surface area (Å²) in [6, 6.07) is 31.5. The van der Waals surface area contributed by atoms with E-state index in [2.05, 4.69) is 13.8 Å². The van der Waals surface area contributed by atoms with E-state index in [4.69, 9.17) is 11.1 Å². The van der Waals surface area contributed by atoms with Gasteiger partial charge >= 0.3 is 0 Å². The van der Waals surface area contributed by atoms with Crippen LogP contribution in [0.4, 0.5) is 35.1 Å². The van der Waals surface area contributed by atoms with E-state index >= 15 is 8.78 Å². The van der Waals surface area contributed by atoms with Crippen molar-refractivity contribution < 1.29 is 35.1 Å². The van der Waals surface area contributed by atoms with Crippen molar-refractivity contribution in [2.24, 2.45) is 0 Å². The third kappa shape index (κ3) is 16.5. The van der Waals surface area contributed by atoms with E-state index in [0.29, 0.717) is 28.8 Å². The lowest BCUT2D eigenvalue weighted by Crippen LogP contribution is -2.48. The molecular formula is C52H57ClF8Si2. The van der Waals surface area contributed by atoms with Crippen LogP contribution in [-0.2, 0) is 24.9 Å². The molecule has 6 aromatic carbocycles. The number of hydrogen-bond donors (Lipinski definition) is 0. The Morgan fingerprint density at radius 3 is 1.22 bits per heavy atom. The van der Waals surface area contributed by atoms with Crippen LogP contribution in [0.2, 0.25) is 26.2 Å². The van der Waals surface area contributed by atoms with Crippen molar-refractivity contribution in [1.82, 2.24) is 0 Å². The Morgan fingerprint density at radius 2 is 0.810 bits per heavy atom. The highest BCUT2D eigenvalue weighted by atomic mass is 35.6. The third-order valence-corrected chi connectivity index (χ3v) is 15.3. The summed E-state index contributed by atoms with van der Waals surface area (Å²) in [6.07, 6.45) is 9.26. The largest absolute Gasteiger partial charge is 0.207 e. The number of aryl methyl sites for hydroxylation is 2. The second kappa shape index (κ2) is 24.0. The number of halogens is 9. The zero-order valence-corrected chi connectivity index (χ0v) is 39.7. The van der Waals surface area contributed by atoms with Crippen molar-refractivity contribution in [2.75, 3.05) is 0 Å². The number of hydrogen-bond acceptors (Lipinski definition) is 0. The average Bonchev–Trinajstić information content (AvgIpc) is 3.20. The van der Waals surface area contributed by atoms with Gasteiger partial charge in [0.1, 0.15) is 29.1 Å². The minimum atomic E-state index is -2.45. The molecule has 6 aromatic rings. The molecule has 0 radical (unpaired) electrons. The molecule has 0 aliphatic carbocycles. The number of unbranched alkanes of at least 4 members (excludes halogenated alkanes) is 4. The molecule has 11 heteroatoms. The van der Waals surface area contributed by atoms with E-state index in [1.807, 2.05) is 74.7 Å². The van der Waals surface area contributed by atoms with Gasteiger partial charge in [-0.2, -0.15) is 11.1 Å². The maximum absolute atomic E-state index is 15.1. The lowest BCUT2D eigenvalue weighted by atomic mass is 10.0. The topological polar surface area (TPSA) is 0 Å². The highest BCUT2D eigenvalue weighted by molar-refractivity contribution is 7.18. The van der Waals surface area contributed by atoms with Gasteiger partial charge in [0.25, 0.3) is 0 Å². The summed E-state index contributed by atoms with van der Waals surface area (Å²) < 4.78 is 108. The predicted octanol–water partition coefficient (Wildman–Crippen LogP) is 16.2. The molecule has 0 unspecified atom stereocenters. The van der Waals surface area contributed by atoms with Crippen molar-refractivity contribution in [1.29, 1.82) is 0 Å². The molecule has 0 saturated carbocycles. The van der Waals surface area contributed by atoms with E-state index in [1.54, 1.807) is 12.1 Å². The lowest BCUT2D eigenvalue weighted by molar-refractivity contribution is 0.446. The maximum Gasteiger partial charge on any atom is 0.194 e. The first-order valence-electron chi connectivity index (χ1n) is 21.5. The molecule has 0 amide bonds. The summed E-state index contributed by atoms with van der Waals surface area (Å²) >= 11 is 6.01. The molecule has 6 rings (SSSR count). The van der Waals surface area contributed by atoms with Gasteiger partial charge in [-0.3, -0.25) is 0 Å². The van der Waals surface area contributed by atoms with Crippen LogP contribution in [0.5, 0.6) is 0 Å². The smallest absolute Gasteiger partial charge is 0.194 e. The molecule has 0 aliphatic heterocycles. The molecule has 0 spiro atoms. The predicted molar refractivity (Wildman–Crippen MR) is 251 cm³/mol. The van der Waals surface area contributed by atoms with Crippen LogP contribution in [-0.4, -0.2) is 15.5 Å². The SMILES string of the molecule is CCCCCc1ccc(-c2cc(F)c([Si](C)(C)Cc3ccc(F)cc3)c(F)c2)cc1.CCCCCc1ccc(-c2cc(F)cc(F)c2)cc1.C[Si](C)(Cl)Cc1cc(F)c(F)c(F)c1. The fraction of sp³-hybridized carbons (Fsp3) is 0.308. The van der Waals surface area contributed by atoms with Gasteiger partial charge in [0.15, 0.2) is 24.8 Å². The second-order valence-corrected chi connectivity index (χ2v) is 28.7. The van der Waals surface area contributed by atoms with Gasteiger partial charge < -0.3 is 0 Å². The van der Waals surface area contributed by atoms with Gasteiger partial charge in [0.2, 0.25) is 0 Å². The molecule has 63 heavy (non-hydrogen) atoms. The molecule has 0 aliphatic rings. The first-order valence-corrected chi connectivity index (χ1v) is 28.9. The Labute approximate surface area is 375 Å². The molecule has 0 N–H and O–H groups in total. The quantitative estimate of drug-likeness (QED) is 0.0316. The fourth-order valence-electron chi connectivity index (χ4n) is 7.39. The number of rotatable bonds is 15. The van der Waals surface area contributed by atoms with E-state index in [-0.39, 0.29) is 11.0 Å². The van der Waals surface area contributed by atoms with Crippen LogP contribution >= 0.6 is 11.1 Å². The molecule has 0 saturated heterocycles. The molecule has 336 valence electrons. The molecule has 0 heterocycles. The molecule has 0 nitrogen and oxygen atoms in total. The van der Waals surface area contributed by atoms with Crippen LogP contribution in [0.1, 0.15) is 74.6 Å². The van der Waals surface area contributed by atoms with Gasteiger partial charge in [-0.15, -0.1) is 0 Å². The Hall–Kier alpha value is -4.52. The molecule has 0 atom stereocenters. The zero-order valence-electron chi connectivity index (χ0n) is 36.9. The van der Waals surface area contributed by atoms with Crippen LogP contribution < -0.4 is 5.19 Å². The van der Waals surface area contributed by atoms with Gasteiger partial charge in [-0.05, 0) is 125 Å². The third-order valence-electron chi connectivity index (χ3n) is 10.5. The highest BCUT2D eigenvalue weighted by Gasteiger charge is 2.31. The van der Waals surface area contributed by atoms with Crippen LogP contribution in [0.25, 0.3) is 22.3 Å². The maximum atomic E-state index is 15.1. The Morgan fingerprint density at radius 1 is 0.397 bits per heavy atom. The molecule has 0 aromatic heterocycles. The average molecular weight is 926 g/mol. The first kappa shape index (κ1) is 51.1. The van der Waals surface area contributed by atoms with Crippen LogP contribution in [0.3, 0.4) is 0 Å². The number of benzene rings is 6. The van der Waals surface area contributed by atoms with Crippen LogP contribution in [0.15, 0.2) is 115 Å². The van der Waals surface area contributed by atoms with Gasteiger partial charge in [-0.25, -0.2) is 35.1 Å². The summed E-state index contributed by atoms with van der Waals surface area (Å²) in [6.45, 7) is 12.0. The monoisotopic (exact) mass is 924 g/mol. The van der Waals surface area contributed by atoms with E-state index in [0.717, 1.165) is 54.2 Å². The van der Waals surface area contributed by atoms with Gasteiger partial charge in [0.05, 0.1) is 8.07 Å². The summed E-state index contributed by atoms with van der Waals surface area (Å²) in [5.74, 6) is -6.11. The van der Waals surface area contributed by atoms with Gasteiger partial charge in [-0.1, -0.05) is 132 Å². The summed E-state index contributed by atoms with van der Waals surface area (Å²) in [5.41, 5.74) is 6.63. The fourth-order valence-corrected chi connectivity index (χ4v) is 11.9. The standard InChI is InChI=1S/C26H29F3Si.C17H18F2.C9H10ClF3Si/c1-4-5-6-7-19-8-12-21(13-9-19)22-16-24(28)26(25(29)17-22)30(2,3)18-20-10-14-23(27)15-11-20;1-2-3-4-5-13-6-8-14(9-7-13)15-10-16(18)12-17(19)11-15;1-14(2,10)5-6-3-7(11)9(13)8(12)4-6/h8-17H,4-7,18H2,1-3H3;6-12H,2-5H2,1H3;3-4H,5H2,1-2H3. The van der Waals surface area contributed by atoms with Crippen molar-refractivity contribution >= 4 is 31.7 Å². The molecular weight excluding hydrogens is 868 g/mol. The van der Waals surface area contributed by atoms with Crippen molar-refractivity contribution in [3.63, 3.8) is 0 Å². The van der Waals surface area contributed by atoms with Gasteiger partial charge in [0, 0.05) is 11.3 Å². The van der Waals surface area contributed by atoms with Crippen molar-refractivity contribution in [3.05, 3.63) is 184 Å². The van der Waals surface area contributed by atoms with Crippen LogP contribution in [0, 0.1) is 46.5 Å². The second-order valence-electron chi connectivity index (χ2n) is 17.2. The summed E-state index contributed by atoms with van der Waals surface area (Å²) in [4.78, 5) is 0. The Kier molecular flexibility index (Phi) is 19.4. The van der Waals surface area contributed by atoms with E-state index in [9.17, 15) is 26.3 Å². The van der Waals surface area contributed by atoms with Crippen molar-refractivity contribution in [2.45, 2.75) is 103 Å². The normalized spacial score (nSPS) is 11.4. The minimum Gasteiger partial charge on any atom is -0.207 e. The highest BCUT2D eigenvalue weighted by Crippen LogP contribution is 2.26. The Balaban J connectivity index is 0.000000226. The minimum absolute atomic E-state index is 0.201. The zero-order chi connectivity index (χ0) is 46.3. The summed E-state index contributed by atoms with van der Waals surface area (Å²) in [5, 5.41) is 0.201. The Bertz CT molecular complexity index is 2290. The van der Waals surface area contributed by atoms with E-state index < -0.39 is 56.2 Å².